The van der Waals surface area contributed by atoms with Crippen LogP contribution in [0.4, 0.5) is 0 Å². The lowest BCUT2D eigenvalue weighted by Crippen LogP contribution is -2.16. The quantitative estimate of drug-likeness (QED) is 0.552. The maximum absolute atomic E-state index is 10.8. The molecule has 0 fully saturated rings. The lowest BCUT2D eigenvalue weighted by molar-refractivity contribution is -0.120. The van der Waals surface area contributed by atoms with Gasteiger partial charge in [0.2, 0.25) is 0 Å². The van der Waals surface area contributed by atoms with Crippen LogP contribution in [-0.4, -0.2) is 17.1 Å². The SMILES string of the molecule is N#CCC(=O)N/N=C\c1ccccn1. The summed E-state index contributed by atoms with van der Waals surface area (Å²) >= 11 is 0. The summed E-state index contributed by atoms with van der Waals surface area (Å²) in [6.07, 6.45) is 2.84. The van der Waals surface area contributed by atoms with E-state index in [-0.39, 0.29) is 6.42 Å². The van der Waals surface area contributed by atoms with Crippen LogP contribution in [0.1, 0.15) is 12.1 Å². The Hall–Kier alpha value is -2.22. The molecule has 0 aliphatic heterocycles. The van der Waals surface area contributed by atoms with Crippen LogP contribution in [0, 0.1) is 11.3 Å². The molecule has 14 heavy (non-hydrogen) atoms. The largest absolute Gasteiger partial charge is 0.272 e. The second kappa shape index (κ2) is 5.43. The highest BCUT2D eigenvalue weighted by Crippen LogP contribution is 1.87. The number of carbonyl (C=O) groups excluding carboxylic acids is 1. The molecule has 0 spiro atoms. The normalized spacial score (nSPS) is 9.64. The lowest BCUT2D eigenvalue weighted by atomic mass is 10.4. The molecular weight excluding hydrogens is 180 g/mol. The molecule has 1 heterocycles. The molecule has 1 amide bonds. The average molecular weight is 188 g/mol. The molecule has 0 saturated carbocycles. The van der Waals surface area contributed by atoms with Crippen LogP contribution in [0.25, 0.3) is 0 Å². The monoisotopic (exact) mass is 188 g/mol. The van der Waals surface area contributed by atoms with Crippen LogP contribution in [0.15, 0.2) is 29.5 Å². The number of pyridine rings is 1. The van der Waals surface area contributed by atoms with Crippen molar-refractivity contribution in [1.29, 1.82) is 5.26 Å². The Bertz CT molecular complexity index is 366. The van der Waals surface area contributed by atoms with Crippen molar-refractivity contribution >= 4 is 12.1 Å². The van der Waals surface area contributed by atoms with Gasteiger partial charge in [0.1, 0.15) is 6.42 Å². The summed E-state index contributed by atoms with van der Waals surface area (Å²) in [7, 11) is 0. The Kier molecular flexibility index (Phi) is 3.83. The first kappa shape index (κ1) is 9.86. The molecule has 0 radical (unpaired) electrons. The predicted molar refractivity (Wildman–Crippen MR) is 50.2 cm³/mol. The van der Waals surface area contributed by atoms with Crippen molar-refractivity contribution in [2.45, 2.75) is 6.42 Å². The molecule has 5 nitrogen and oxygen atoms in total. The van der Waals surface area contributed by atoms with Crippen LogP contribution in [-0.2, 0) is 4.79 Å². The summed E-state index contributed by atoms with van der Waals surface area (Å²) in [6, 6.07) is 7.06. The Morgan fingerprint density at radius 3 is 3.21 bits per heavy atom. The van der Waals surface area contributed by atoms with E-state index in [1.807, 2.05) is 6.07 Å². The van der Waals surface area contributed by atoms with Gasteiger partial charge >= 0.3 is 0 Å². The first-order chi connectivity index (χ1) is 6.83. The smallest absolute Gasteiger partial charge is 0.254 e. The second-order valence-electron chi connectivity index (χ2n) is 2.38. The zero-order chi connectivity index (χ0) is 10.2. The van der Waals surface area contributed by atoms with Gasteiger partial charge in [-0.1, -0.05) is 6.07 Å². The van der Waals surface area contributed by atoms with Gasteiger partial charge in [-0.05, 0) is 12.1 Å². The molecule has 0 aromatic carbocycles. The number of hydrazone groups is 1. The highest BCUT2D eigenvalue weighted by atomic mass is 16.2. The van der Waals surface area contributed by atoms with Crippen molar-refractivity contribution in [3.63, 3.8) is 0 Å². The molecule has 70 valence electrons. The molecule has 0 saturated heterocycles. The van der Waals surface area contributed by atoms with Gasteiger partial charge in [0.15, 0.2) is 0 Å². The average Bonchev–Trinajstić information content (AvgIpc) is 2.20. The molecule has 1 rings (SSSR count). The molecule has 1 aromatic heterocycles. The number of hydrogen-bond donors (Lipinski definition) is 1. The maximum Gasteiger partial charge on any atom is 0.254 e. The third-order valence-electron chi connectivity index (χ3n) is 1.31. The van der Waals surface area contributed by atoms with Crippen LogP contribution < -0.4 is 5.43 Å². The maximum atomic E-state index is 10.8. The highest BCUT2D eigenvalue weighted by molar-refractivity contribution is 5.81. The number of hydrogen-bond acceptors (Lipinski definition) is 4. The molecule has 1 aromatic rings. The Morgan fingerprint density at radius 1 is 1.71 bits per heavy atom. The number of amides is 1. The molecule has 0 unspecified atom stereocenters. The molecule has 0 bridgehead atoms. The Labute approximate surface area is 81.1 Å². The number of nitriles is 1. The fourth-order valence-electron chi connectivity index (χ4n) is 0.734. The molecule has 0 aliphatic rings. The first-order valence-electron chi connectivity index (χ1n) is 3.93. The summed E-state index contributed by atoms with van der Waals surface area (Å²) in [5.41, 5.74) is 2.84. The van der Waals surface area contributed by atoms with Gasteiger partial charge in [-0.15, -0.1) is 0 Å². The number of rotatable bonds is 3. The molecule has 0 atom stereocenters. The van der Waals surface area contributed by atoms with Gasteiger partial charge in [0.25, 0.3) is 5.91 Å². The van der Waals surface area contributed by atoms with E-state index in [0.29, 0.717) is 5.69 Å². The van der Waals surface area contributed by atoms with E-state index in [2.05, 4.69) is 15.5 Å². The van der Waals surface area contributed by atoms with Gasteiger partial charge in [-0.2, -0.15) is 10.4 Å². The summed E-state index contributed by atoms with van der Waals surface area (Å²) < 4.78 is 0. The van der Waals surface area contributed by atoms with Crippen molar-refractivity contribution in [3.8, 4) is 6.07 Å². The standard InChI is InChI=1S/C9H8N4O/c10-5-4-9(14)13-12-7-8-3-1-2-6-11-8/h1-3,6-7H,4H2,(H,13,14)/b12-7-. The summed E-state index contributed by atoms with van der Waals surface area (Å²) in [5.74, 6) is -0.431. The minimum Gasteiger partial charge on any atom is -0.272 e. The van der Waals surface area contributed by atoms with E-state index in [1.165, 1.54) is 6.21 Å². The number of aromatic nitrogens is 1. The van der Waals surface area contributed by atoms with E-state index < -0.39 is 5.91 Å². The fraction of sp³-hybridized carbons (Fsp3) is 0.111. The molecule has 1 N–H and O–H groups in total. The van der Waals surface area contributed by atoms with E-state index in [1.54, 1.807) is 24.4 Å². The number of carbonyl (C=O) groups is 1. The van der Waals surface area contributed by atoms with Crippen molar-refractivity contribution in [1.82, 2.24) is 10.4 Å². The Balaban J connectivity index is 2.43. The Morgan fingerprint density at radius 2 is 2.57 bits per heavy atom. The van der Waals surface area contributed by atoms with Gasteiger partial charge in [-0.25, -0.2) is 5.43 Å². The molecule has 5 heteroatoms. The van der Waals surface area contributed by atoms with Gasteiger partial charge in [-0.3, -0.25) is 9.78 Å². The molecule has 0 aliphatic carbocycles. The van der Waals surface area contributed by atoms with E-state index in [4.69, 9.17) is 5.26 Å². The second-order valence-corrected chi connectivity index (χ2v) is 2.38. The van der Waals surface area contributed by atoms with Gasteiger partial charge < -0.3 is 0 Å². The summed E-state index contributed by atoms with van der Waals surface area (Å²) in [4.78, 5) is 14.7. The van der Waals surface area contributed by atoms with Crippen molar-refractivity contribution in [2.24, 2.45) is 5.10 Å². The summed E-state index contributed by atoms with van der Waals surface area (Å²) in [5, 5.41) is 11.8. The first-order valence-corrected chi connectivity index (χ1v) is 3.93. The third-order valence-corrected chi connectivity index (χ3v) is 1.31. The van der Waals surface area contributed by atoms with E-state index in [0.717, 1.165) is 0 Å². The summed E-state index contributed by atoms with van der Waals surface area (Å²) in [6.45, 7) is 0. The number of nitrogens with zero attached hydrogens (tertiary/aromatic N) is 3. The lowest BCUT2D eigenvalue weighted by Gasteiger charge is -1.92. The zero-order valence-corrected chi connectivity index (χ0v) is 7.34. The van der Waals surface area contributed by atoms with Crippen molar-refractivity contribution < 1.29 is 4.79 Å². The van der Waals surface area contributed by atoms with E-state index >= 15 is 0 Å². The van der Waals surface area contributed by atoms with Crippen LogP contribution >= 0.6 is 0 Å². The minimum absolute atomic E-state index is 0.195. The van der Waals surface area contributed by atoms with Crippen molar-refractivity contribution in [3.05, 3.63) is 30.1 Å². The highest BCUT2D eigenvalue weighted by Gasteiger charge is 1.95. The zero-order valence-electron chi connectivity index (χ0n) is 7.34. The van der Waals surface area contributed by atoms with Gasteiger partial charge in [0, 0.05) is 6.20 Å². The minimum atomic E-state index is -0.431. The predicted octanol–water partition coefficient (Wildman–Crippen LogP) is 0.445. The van der Waals surface area contributed by atoms with Crippen molar-refractivity contribution in [2.75, 3.05) is 0 Å². The van der Waals surface area contributed by atoms with Gasteiger partial charge in [0.05, 0.1) is 18.0 Å². The third kappa shape index (κ3) is 3.45. The molecular formula is C9H8N4O. The van der Waals surface area contributed by atoms with Crippen LogP contribution in [0.3, 0.4) is 0 Å². The topological polar surface area (TPSA) is 78.1 Å². The van der Waals surface area contributed by atoms with Crippen LogP contribution in [0.5, 0.6) is 0 Å². The van der Waals surface area contributed by atoms with Crippen LogP contribution in [0.2, 0.25) is 0 Å². The fourth-order valence-corrected chi connectivity index (χ4v) is 0.734. The number of nitrogens with one attached hydrogen (secondary N) is 1. The van der Waals surface area contributed by atoms with E-state index in [9.17, 15) is 4.79 Å².